The minimum absolute atomic E-state index is 0.132. The molecule has 0 fully saturated rings. The van der Waals surface area contributed by atoms with Gasteiger partial charge < -0.3 is 9.88 Å². The van der Waals surface area contributed by atoms with E-state index < -0.39 is 0 Å². The number of aromatic amines is 1. The molecule has 0 saturated heterocycles. The molecule has 150 valence electrons. The van der Waals surface area contributed by atoms with E-state index in [2.05, 4.69) is 4.98 Å². The molecule has 0 radical (unpaired) electrons. The number of pyridine rings is 1. The first-order valence-electron chi connectivity index (χ1n) is 9.99. The number of anilines is 1. The molecule has 0 aliphatic carbocycles. The molecule has 1 heterocycles. The average molecular weight is 396 g/mol. The molecule has 0 atom stereocenters. The van der Waals surface area contributed by atoms with Crippen LogP contribution >= 0.6 is 0 Å². The fraction of sp³-hybridized carbons (Fsp3) is 0.154. The van der Waals surface area contributed by atoms with Crippen molar-refractivity contribution in [3.63, 3.8) is 0 Å². The van der Waals surface area contributed by atoms with Crippen molar-refractivity contribution in [3.8, 4) is 0 Å². The van der Waals surface area contributed by atoms with E-state index in [1.54, 1.807) is 17.0 Å². The van der Waals surface area contributed by atoms with E-state index in [-0.39, 0.29) is 18.0 Å². The van der Waals surface area contributed by atoms with E-state index in [9.17, 15) is 9.59 Å². The highest BCUT2D eigenvalue weighted by Gasteiger charge is 2.21. The van der Waals surface area contributed by atoms with E-state index >= 15 is 0 Å². The summed E-state index contributed by atoms with van der Waals surface area (Å²) in [5.41, 5.74) is 5.71. The van der Waals surface area contributed by atoms with Gasteiger partial charge in [-0.15, -0.1) is 0 Å². The van der Waals surface area contributed by atoms with Crippen LogP contribution in [0.5, 0.6) is 0 Å². The number of aromatic nitrogens is 1. The number of nitrogens with one attached hydrogen (secondary N) is 1. The fourth-order valence-corrected chi connectivity index (χ4v) is 3.66. The third-order valence-corrected chi connectivity index (χ3v) is 5.33. The van der Waals surface area contributed by atoms with Gasteiger partial charge in [0.2, 0.25) is 0 Å². The molecule has 3 aromatic carbocycles. The van der Waals surface area contributed by atoms with Gasteiger partial charge in [0, 0.05) is 22.3 Å². The number of nitrogens with zero attached hydrogens (tertiary/aromatic N) is 1. The van der Waals surface area contributed by atoms with Crippen LogP contribution < -0.4 is 10.5 Å². The molecule has 30 heavy (non-hydrogen) atoms. The van der Waals surface area contributed by atoms with Crippen molar-refractivity contribution in [3.05, 3.63) is 111 Å². The summed E-state index contributed by atoms with van der Waals surface area (Å²) >= 11 is 0. The van der Waals surface area contributed by atoms with E-state index in [0.717, 1.165) is 33.3 Å². The molecular weight excluding hydrogens is 372 g/mol. The van der Waals surface area contributed by atoms with Crippen LogP contribution in [0.2, 0.25) is 0 Å². The number of carbonyl (C=O) groups is 1. The number of benzene rings is 3. The molecule has 4 rings (SSSR count). The summed E-state index contributed by atoms with van der Waals surface area (Å²) in [7, 11) is 0. The number of H-pyrrole nitrogens is 1. The van der Waals surface area contributed by atoms with Crippen molar-refractivity contribution < 1.29 is 4.79 Å². The molecule has 0 spiro atoms. The van der Waals surface area contributed by atoms with Crippen LogP contribution in [0.15, 0.2) is 77.6 Å². The lowest BCUT2D eigenvalue weighted by Gasteiger charge is -2.25. The van der Waals surface area contributed by atoms with Crippen molar-refractivity contribution in [1.29, 1.82) is 0 Å². The van der Waals surface area contributed by atoms with Gasteiger partial charge in [-0.1, -0.05) is 42.5 Å². The molecule has 0 aliphatic heterocycles. The van der Waals surface area contributed by atoms with Crippen LogP contribution in [0.3, 0.4) is 0 Å². The highest BCUT2D eigenvalue weighted by Crippen LogP contribution is 2.25. The molecule has 0 unspecified atom stereocenters. The van der Waals surface area contributed by atoms with Gasteiger partial charge in [-0.25, -0.2) is 0 Å². The summed E-state index contributed by atoms with van der Waals surface area (Å²) < 4.78 is 0. The molecule has 4 nitrogen and oxygen atoms in total. The van der Waals surface area contributed by atoms with Gasteiger partial charge in [-0.05, 0) is 73.2 Å². The highest BCUT2D eigenvalue weighted by molar-refractivity contribution is 6.06. The van der Waals surface area contributed by atoms with Crippen molar-refractivity contribution in [2.45, 2.75) is 27.3 Å². The van der Waals surface area contributed by atoms with Gasteiger partial charge >= 0.3 is 0 Å². The Morgan fingerprint density at radius 3 is 2.33 bits per heavy atom. The second-order valence-electron chi connectivity index (χ2n) is 7.76. The topological polar surface area (TPSA) is 53.2 Å². The number of carbonyl (C=O) groups excluding carboxylic acids is 1. The number of rotatable bonds is 4. The lowest BCUT2D eigenvalue weighted by Crippen LogP contribution is -2.33. The van der Waals surface area contributed by atoms with Gasteiger partial charge in [-0.2, -0.15) is 0 Å². The van der Waals surface area contributed by atoms with Crippen molar-refractivity contribution in [1.82, 2.24) is 4.98 Å². The molecule has 0 bridgehead atoms. The molecule has 4 heteroatoms. The van der Waals surface area contributed by atoms with Crippen molar-refractivity contribution in [2.75, 3.05) is 4.90 Å². The quantitative estimate of drug-likeness (QED) is 0.509. The maximum atomic E-state index is 13.4. The zero-order valence-corrected chi connectivity index (χ0v) is 17.4. The summed E-state index contributed by atoms with van der Waals surface area (Å²) in [6, 6.07) is 23.0. The lowest BCUT2D eigenvalue weighted by atomic mass is 10.1. The van der Waals surface area contributed by atoms with E-state index in [1.807, 2.05) is 81.4 Å². The van der Waals surface area contributed by atoms with Crippen molar-refractivity contribution >= 4 is 22.5 Å². The minimum atomic E-state index is -0.177. The molecule has 1 aromatic heterocycles. The first kappa shape index (κ1) is 19.6. The summed E-state index contributed by atoms with van der Waals surface area (Å²) in [5.74, 6) is -0.132. The zero-order chi connectivity index (χ0) is 21.3. The first-order valence-corrected chi connectivity index (χ1v) is 9.99. The third-order valence-electron chi connectivity index (χ3n) is 5.33. The summed E-state index contributed by atoms with van der Waals surface area (Å²) in [4.78, 5) is 30.9. The first-order chi connectivity index (χ1) is 14.4. The monoisotopic (exact) mass is 396 g/mol. The van der Waals surface area contributed by atoms with Crippen LogP contribution in [-0.2, 0) is 6.54 Å². The standard InChI is InChI=1S/C26H24N2O2/c1-17-10-12-21-15-22(25(29)27-23(21)13-17)16-28(24-14-18(2)9-11-19(24)3)26(30)20-7-5-4-6-8-20/h4-15H,16H2,1-3H3,(H,27,29). The van der Waals surface area contributed by atoms with Crippen LogP contribution in [0.1, 0.15) is 32.6 Å². The number of hydrogen-bond donors (Lipinski definition) is 1. The Bertz CT molecular complexity index is 1290. The molecule has 1 amide bonds. The summed E-state index contributed by atoms with van der Waals surface area (Å²) in [6.45, 7) is 6.16. The van der Waals surface area contributed by atoms with Crippen molar-refractivity contribution in [2.24, 2.45) is 0 Å². The van der Waals surface area contributed by atoms with E-state index in [0.29, 0.717) is 11.1 Å². The Morgan fingerprint density at radius 1 is 0.867 bits per heavy atom. The smallest absolute Gasteiger partial charge is 0.258 e. The maximum absolute atomic E-state index is 13.4. The normalized spacial score (nSPS) is 10.9. The molecule has 0 saturated carbocycles. The van der Waals surface area contributed by atoms with Gasteiger partial charge in [0.1, 0.15) is 0 Å². The Labute approximate surface area is 175 Å². The van der Waals surface area contributed by atoms with Crippen LogP contribution in [0.25, 0.3) is 10.9 Å². The Morgan fingerprint density at radius 2 is 1.57 bits per heavy atom. The number of aryl methyl sites for hydroxylation is 3. The molecule has 4 aromatic rings. The summed E-state index contributed by atoms with van der Waals surface area (Å²) in [6.07, 6.45) is 0. The SMILES string of the molecule is Cc1ccc(C)c(N(Cc2cc3ccc(C)cc3[nH]c2=O)C(=O)c2ccccc2)c1. The number of hydrogen-bond acceptors (Lipinski definition) is 2. The second-order valence-corrected chi connectivity index (χ2v) is 7.76. The Kier molecular flexibility index (Phi) is 5.23. The van der Waals surface area contributed by atoms with Gasteiger partial charge in [0.05, 0.1) is 6.54 Å². The van der Waals surface area contributed by atoms with Gasteiger partial charge in [0.25, 0.3) is 11.5 Å². The maximum Gasteiger partial charge on any atom is 0.258 e. The Hall–Kier alpha value is -3.66. The van der Waals surface area contributed by atoms with E-state index in [1.165, 1.54) is 0 Å². The number of amides is 1. The van der Waals surface area contributed by atoms with Crippen LogP contribution in [0, 0.1) is 20.8 Å². The fourth-order valence-electron chi connectivity index (χ4n) is 3.66. The molecular formula is C26H24N2O2. The lowest BCUT2D eigenvalue weighted by molar-refractivity contribution is 0.0985. The zero-order valence-electron chi connectivity index (χ0n) is 17.4. The second kappa shape index (κ2) is 7.99. The largest absolute Gasteiger partial charge is 0.322 e. The Balaban J connectivity index is 1.82. The minimum Gasteiger partial charge on any atom is -0.322 e. The van der Waals surface area contributed by atoms with Crippen LogP contribution in [0.4, 0.5) is 5.69 Å². The predicted octanol–water partition coefficient (Wildman–Crippen LogP) is 5.30. The highest BCUT2D eigenvalue weighted by atomic mass is 16.2. The average Bonchev–Trinajstić information content (AvgIpc) is 2.74. The molecule has 1 N–H and O–H groups in total. The van der Waals surface area contributed by atoms with Gasteiger partial charge in [0.15, 0.2) is 0 Å². The number of fused-ring (bicyclic) bond motifs is 1. The predicted molar refractivity (Wildman–Crippen MR) is 122 cm³/mol. The van der Waals surface area contributed by atoms with Crippen LogP contribution in [-0.4, -0.2) is 10.9 Å². The van der Waals surface area contributed by atoms with Gasteiger partial charge in [-0.3, -0.25) is 9.59 Å². The van der Waals surface area contributed by atoms with E-state index in [4.69, 9.17) is 0 Å². The third kappa shape index (κ3) is 3.90. The molecule has 0 aliphatic rings. The summed E-state index contributed by atoms with van der Waals surface area (Å²) in [5, 5.41) is 0.947.